The highest BCUT2D eigenvalue weighted by molar-refractivity contribution is 5.74. The van der Waals surface area contributed by atoms with E-state index in [1.807, 2.05) is 0 Å². The minimum Gasteiger partial charge on any atom is -0.497 e. The third-order valence-corrected chi connectivity index (χ3v) is 2.11. The van der Waals surface area contributed by atoms with E-state index < -0.39 is 5.97 Å². The molecular formula is C11H15NO4. The van der Waals surface area contributed by atoms with Crippen molar-refractivity contribution >= 4 is 11.7 Å². The van der Waals surface area contributed by atoms with Gasteiger partial charge in [-0.1, -0.05) is 6.07 Å². The average molecular weight is 225 g/mol. The molecule has 5 heteroatoms. The summed E-state index contributed by atoms with van der Waals surface area (Å²) in [6.07, 6.45) is 0. The molecule has 1 aromatic rings. The molecular weight excluding hydrogens is 210 g/mol. The molecule has 0 aromatic heterocycles. The fourth-order valence-corrected chi connectivity index (χ4v) is 1.39. The van der Waals surface area contributed by atoms with Crippen LogP contribution in [0.2, 0.25) is 0 Å². The number of hydrogen-bond acceptors (Lipinski definition) is 4. The Labute approximate surface area is 93.9 Å². The lowest BCUT2D eigenvalue weighted by atomic mass is 10.2. The third-order valence-electron chi connectivity index (χ3n) is 2.11. The summed E-state index contributed by atoms with van der Waals surface area (Å²) in [6.45, 7) is 0.0394. The van der Waals surface area contributed by atoms with Crippen molar-refractivity contribution in [2.24, 2.45) is 0 Å². The number of hydrogen-bond donors (Lipinski definition) is 2. The maximum absolute atomic E-state index is 10.7. The molecule has 0 fully saturated rings. The first kappa shape index (κ1) is 12.3. The predicted molar refractivity (Wildman–Crippen MR) is 59.9 cm³/mol. The van der Waals surface area contributed by atoms with E-state index >= 15 is 0 Å². The first-order valence-corrected chi connectivity index (χ1v) is 4.89. The summed E-state index contributed by atoms with van der Waals surface area (Å²) in [5, 5.41) is 17.6. The summed E-state index contributed by atoms with van der Waals surface area (Å²) < 4.78 is 5.05. The minimum absolute atomic E-state index is 0.0928. The predicted octanol–water partition coefficient (Wildman–Crippen LogP) is 0.579. The molecule has 5 nitrogen and oxygen atoms in total. The number of aliphatic carboxylic acids is 1. The van der Waals surface area contributed by atoms with Gasteiger partial charge in [0.2, 0.25) is 0 Å². The SMILES string of the molecule is COc1cccc(N(CCO)CC(=O)O)c1. The van der Waals surface area contributed by atoms with E-state index in [-0.39, 0.29) is 19.7 Å². The number of aliphatic hydroxyl groups is 1. The molecule has 1 rings (SSSR count). The van der Waals surface area contributed by atoms with Crippen molar-refractivity contribution < 1.29 is 19.7 Å². The van der Waals surface area contributed by atoms with Crippen molar-refractivity contribution in [2.75, 3.05) is 31.7 Å². The van der Waals surface area contributed by atoms with E-state index in [1.54, 1.807) is 36.3 Å². The Morgan fingerprint density at radius 2 is 2.25 bits per heavy atom. The van der Waals surface area contributed by atoms with Crippen LogP contribution in [0.3, 0.4) is 0 Å². The normalized spacial score (nSPS) is 9.88. The van der Waals surface area contributed by atoms with Gasteiger partial charge in [0.15, 0.2) is 0 Å². The molecule has 0 saturated heterocycles. The van der Waals surface area contributed by atoms with Gasteiger partial charge < -0.3 is 19.8 Å². The summed E-state index contributed by atoms with van der Waals surface area (Å²) >= 11 is 0. The number of methoxy groups -OCH3 is 1. The second-order valence-electron chi connectivity index (χ2n) is 3.24. The lowest BCUT2D eigenvalue weighted by molar-refractivity contribution is -0.135. The Kier molecular flexibility index (Phi) is 4.60. The highest BCUT2D eigenvalue weighted by Gasteiger charge is 2.10. The first-order chi connectivity index (χ1) is 7.67. The van der Waals surface area contributed by atoms with Crippen LogP contribution in [0.4, 0.5) is 5.69 Å². The van der Waals surface area contributed by atoms with E-state index in [9.17, 15) is 4.79 Å². The Hall–Kier alpha value is -1.75. The van der Waals surface area contributed by atoms with Crippen LogP contribution in [0.1, 0.15) is 0 Å². The second kappa shape index (κ2) is 5.97. The van der Waals surface area contributed by atoms with E-state index in [1.165, 1.54) is 0 Å². The van der Waals surface area contributed by atoms with Crippen LogP contribution in [0.5, 0.6) is 5.75 Å². The molecule has 0 unspecified atom stereocenters. The number of carboxylic acids is 1. The average Bonchev–Trinajstić information content (AvgIpc) is 2.28. The third kappa shape index (κ3) is 3.43. The maximum atomic E-state index is 10.7. The molecule has 2 N–H and O–H groups in total. The fraction of sp³-hybridized carbons (Fsp3) is 0.364. The summed E-state index contributed by atoms with van der Waals surface area (Å²) in [7, 11) is 1.55. The van der Waals surface area contributed by atoms with Gasteiger partial charge in [0.1, 0.15) is 12.3 Å². The monoisotopic (exact) mass is 225 g/mol. The topological polar surface area (TPSA) is 70.0 Å². The number of anilines is 1. The number of aliphatic hydroxyl groups excluding tert-OH is 1. The van der Waals surface area contributed by atoms with E-state index in [4.69, 9.17) is 14.9 Å². The molecule has 0 aliphatic carbocycles. The molecule has 0 saturated carbocycles. The van der Waals surface area contributed by atoms with Crippen LogP contribution in [0.25, 0.3) is 0 Å². The fourth-order valence-electron chi connectivity index (χ4n) is 1.39. The highest BCUT2D eigenvalue weighted by Crippen LogP contribution is 2.20. The Morgan fingerprint density at radius 1 is 1.50 bits per heavy atom. The van der Waals surface area contributed by atoms with Crippen LogP contribution in [0, 0.1) is 0 Å². The Balaban J connectivity index is 2.86. The molecule has 0 atom stereocenters. The molecule has 0 aliphatic heterocycles. The van der Waals surface area contributed by atoms with E-state index in [0.29, 0.717) is 5.75 Å². The highest BCUT2D eigenvalue weighted by atomic mass is 16.5. The Bertz CT molecular complexity index is 354. The zero-order valence-corrected chi connectivity index (χ0v) is 9.09. The van der Waals surface area contributed by atoms with Crippen LogP contribution in [0.15, 0.2) is 24.3 Å². The smallest absolute Gasteiger partial charge is 0.323 e. The van der Waals surface area contributed by atoms with Crippen LogP contribution < -0.4 is 9.64 Å². The summed E-state index contributed by atoms with van der Waals surface area (Å²) in [4.78, 5) is 12.2. The van der Waals surface area contributed by atoms with Gasteiger partial charge in [-0.25, -0.2) is 0 Å². The summed E-state index contributed by atoms with van der Waals surface area (Å²) in [5.74, 6) is -0.276. The van der Waals surface area contributed by atoms with Crippen molar-refractivity contribution in [3.8, 4) is 5.75 Å². The molecule has 0 heterocycles. The van der Waals surface area contributed by atoms with Gasteiger partial charge in [-0.15, -0.1) is 0 Å². The molecule has 0 aliphatic rings. The van der Waals surface area contributed by atoms with Gasteiger partial charge in [-0.3, -0.25) is 4.79 Å². The van der Waals surface area contributed by atoms with Gasteiger partial charge >= 0.3 is 5.97 Å². The van der Waals surface area contributed by atoms with Gasteiger partial charge in [0, 0.05) is 18.3 Å². The first-order valence-electron chi connectivity index (χ1n) is 4.89. The van der Waals surface area contributed by atoms with Gasteiger partial charge in [-0.2, -0.15) is 0 Å². The number of ether oxygens (including phenoxy) is 1. The quantitative estimate of drug-likeness (QED) is 0.741. The Morgan fingerprint density at radius 3 is 2.81 bits per heavy atom. The van der Waals surface area contributed by atoms with Crippen molar-refractivity contribution in [3.63, 3.8) is 0 Å². The van der Waals surface area contributed by atoms with Crippen LogP contribution in [-0.2, 0) is 4.79 Å². The van der Waals surface area contributed by atoms with Gasteiger partial charge in [-0.05, 0) is 12.1 Å². The lowest BCUT2D eigenvalue weighted by Crippen LogP contribution is -2.32. The zero-order valence-electron chi connectivity index (χ0n) is 9.09. The molecule has 1 aromatic carbocycles. The molecule has 16 heavy (non-hydrogen) atoms. The van der Waals surface area contributed by atoms with E-state index in [0.717, 1.165) is 5.69 Å². The second-order valence-corrected chi connectivity index (χ2v) is 3.24. The molecule has 0 amide bonds. The number of carbonyl (C=O) groups is 1. The van der Waals surface area contributed by atoms with Crippen molar-refractivity contribution in [3.05, 3.63) is 24.3 Å². The van der Waals surface area contributed by atoms with E-state index in [2.05, 4.69) is 0 Å². The molecule has 0 bridgehead atoms. The lowest BCUT2D eigenvalue weighted by Gasteiger charge is -2.22. The number of carboxylic acid groups (broad SMARTS) is 1. The molecule has 0 radical (unpaired) electrons. The minimum atomic E-state index is -0.934. The molecule has 88 valence electrons. The molecule has 0 spiro atoms. The summed E-state index contributed by atoms with van der Waals surface area (Å²) in [6, 6.07) is 7.07. The van der Waals surface area contributed by atoms with Crippen LogP contribution >= 0.6 is 0 Å². The standard InChI is InChI=1S/C11H15NO4/c1-16-10-4-2-3-9(7-10)12(5-6-13)8-11(14)15/h2-4,7,13H,5-6,8H2,1H3,(H,14,15). The largest absolute Gasteiger partial charge is 0.497 e. The number of nitrogens with zero attached hydrogens (tertiary/aromatic N) is 1. The maximum Gasteiger partial charge on any atom is 0.323 e. The number of benzene rings is 1. The van der Waals surface area contributed by atoms with Crippen molar-refractivity contribution in [1.82, 2.24) is 0 Å². The van der Waals surface area contributed by atoms with Crippen molar-refractivity contribution in [2.45, 2.75) is 0 Å². The van der Waals surface area contributed by atoms with Crippen molar-refractivity contribution in [1.29, 1.82) is 0 Å². The number of rotatable bonds is 6. The zero-order chi connectivity index (χ0) is 12.0. The van der Waals surface area contributed by atoms with Gasteiger partial charge in [0.25, 0.3) is 0 Å². The summed E-state index contributed by atoms with van der Waals surface area (Å²) in [5.41, 5.74) is 0.718. The van der Waals surface area contributed by atoms with Gasteiger partial charge in [0.05, 0.1) is 13.7 Å². The van der Waals surface area contributed by atoms with Crippen LogP contribution in [-0.4, -0.2) is 43.0 Å².